The third-order valence-electron chi connectivity index (χ3n) is 3.67. The highest BCUT2D eigenvalue weighted by molar-refractivity contribution is 7.09. The van der Waals surface area contributed by atoms with Crippen LogP contribution in [-0.4, -0.2) is 11.0 Å². The van der Waals surface area contributed by atoms with Crippen LogP contribution in [0.25, 0.3) is 10.9 Å². The maximum atomic E-state index is 11.9. The molecule has 3 rings (SSSR count). The van der Waals surface area contributed by atoms with Gasteiger partial charge in [-0.05, 0) is 36.4 Å². The van der Waals surface area contributed by atoms with Gasteiger partial charge in [0.1, 0.15) is 6.61 Å². The average Bonchev–Trinajstić information content (AvgIpc) is 3.08. The fraction of sp³-hybridized carbons (Fsp3) is 0.222. The van der Waals surface area contributed by atoms with Crippen molar-refractivity contribution in [2.24, 2.45) is 0 Å². The maximum Gasteiger partial charge on any atom is 0.306 e. The number of rotatable bonds is 5. The number of benzene rings is 1. The topological polar surface area (TPSA) is 39.2 Å². The van der Waals surface area contributed by atoms with E-state index in [1.165, 1.54) is 4.88 Å². The van der Waals surface area contributed by atoms with Crippen molar-refractivity contribution in [2.75, 3.05) is 0 Å². The molecule has 0 aliphatic heterocycles. The summed E-state index contributed by atoms with van der Waals surface area (Å²) in [6, 6.07) is 11.8. The van der Waals surface area contributed by atoms with Gasteiger partial charge in [0.15, 0.2) is 0 Å². The van der Waals surface area contributed by atoms with E-state index >= 15 is 0 Å². The average molecular weight is 346 g/mol. The van der Waals surface area contributed by atoms with Crippen molar-refractivity contribution < 1.29 is 9.53 Å². The van der Waals surface area contributed by atoms with E-state index in [2.05, 4.69) is 4.98 Å². The SMILES string of the molecule is Cc1c(Cl)c(COC(=O)CCc2cccs2)nc2ccccc12. The molecule has 0 N–H and O–H groups in total. The monoisotopic (exact) mass is 345 g/mol. The minimum absolute atomic E-state index is 0.105. The molecule has 5 heteroatoms. The molecule has 3 nitrogen and oxygen atoms in total. The van der Waals surface area contributed by atoms with Crippen molar-refractivity contribution in [1.29, 1.82) is 0 Å². The smallest absolute Gasteiger partial charge is 0.306 e. The van der Waals surface area contributed by atoms with Crippen LogP contribution in [0, 0.1) is 6.92 Å². The molecular formula is C18H16ClNO2S. The molecule has 0 aliphatic rings. The number of hydrogen-bond acceptors (Lipinski definition) is 4. The summed E-state index contributed by atoms with van der Waals surface area (Å²) in [4.78, 5) is 17.6. The molecule has 2 aromatic heterocycles. The van der Waals surface area contributed by atoms with Crippen molar-refractivity contribution in [1.82, 2.24) is 4.98 Å². The summed E-state index contributed by atoms with van der Waals surface area (Å²) in [7, 11) is 0. The predicted molar refractivity (Wildman–Crippen MR) is 93.9 cm³/mol. The predicted octanol–water partition coefficient (Wildman–Crippen LogP) is 4.93. The van der Waals surface area contributed by atoms with Gasteiger partial charge >= 0.3 is 5.97 Å². The second-order valence-electron chi connectivity index (χ2n) is 5.25. The molecule has 0 unspecified atom stereocenters. The molecule has 0 atom stereocenters. The molecule has 0 spiro atoms. The Morgan fingerprint density at radius 1 is 1.26 bits per heavy atom. The van der Waals surface area contributed by atoms with Crippen LogP contribution < -0.4 is 0 Å². The Morgan fingerprint density at radius 3 is 2.87 bits per heavy atom. The molecule has 23 heavy (non-hydrogen) atoms. The number of ether oxygens (including phenoxy) is 1. The highest BCUT2D eigenvalue weighted by atomic mass is 35.5. The van der Waals surface area contributed by atoms with Gasteiger partial charge in [-0.2, -0.15) is 0 Å². The Balaban J connectivity index is 1.67. The summed E-state index contributed by atoms with van der Waals surface area (Å²) in [6.07, 6.45) is 1.07. The minimum atomic E-state index is -0.234. The van der Waals surface area contributed by atoms with Crippen LogP contribution in [0.5, 0.6) is 0 Å². The second kappa shape index (κ2) is 7.11. The number of aromatic nitrogens is 1. The molecule has 118 valence electrons. The standard InChI is InChI=1S/C18H16ClNO2S/c1-12-14-6-2-3-7-15(14)20-16(18(12)19)11-22-17(21)9-8-13-5-4-10-23-13/h2-7,10H,8-9,11H2,1H3. The Bertz CT molecular complexity index is 830. The molecule has 0 radical (unpaired) electrons. The van der Waals surface area contributed by atoms with Gasteiger partial charge in [0, 0.05) is 10.3 Å². The van der Waals surface area contributed by atoms with Gasteiger partial charge in [-0.25, -0.2) is 4.98 Å². The first-order valence-electron chi connectivity index (χ1n) is 7.37. The first-order chi connectivity index (χ1) is 11.1. The van der Waals surface area contributed by atoms with Crippen molar-refractivity contribution in [3.05, 3.63) is 62.9 Å². The van der Waals surface area contributed by atoms with E-state index in [1.54, 1.807) is 11.3 Å². The number of para-hydroxylation sites is 1. The zero-order valence-electron chi connectivity index (χ0n) is 12.7. The minimum Gasteiger partial charge on any atom is -0.459 e. The Labute approximate surface area is 143 Å². The molecule has 0 bridgehead atoms. The van der Waals surface area contributed by atoms with E-state index in [0.29, 0.717) is 23.6 Å². The van der Waals surface area contributed by atoms with E-state index in [9.17, 15) is 4.79 Å². The first-order valence-corrected chi connectivity index (χ1v) is 8.62. The van der Waals surface area contributed by atoms with Crippen LogP contribution in [0.3, 0.4) is 0 Å². The molecule has 0 aliphatic carbocycles. The van der Waals surface area contributed by atoms with Gasteiger partial charge < -0.3 is 4.74 Å². The number of carbonyl (C=O) groups excluding carboxylic acids is 1. The van der Waals surface area contributed by atoms with Crippen LogP contribution in [0.4, 0.5) is 0 Å². The second-order valence-corrected chi connectivity index (χ2v) is 6.66. The summed E-state index contributed by atoms with van der Waals surface area (Å²) in [5, 5.41) is 3.59. The number of thiophene rings is 1. The third-order valence-corrected chi connectivity index (χ3v) is 5.11. The quantitative estimate of drug-likeness (QED) is 0.615. The van der Waals surface area contributed by atoms with Crippen LogP contribution >= 0.6 is 22.9 Å². The lowest BCUT2D eigenvalue weighted by molar-refractivity contribution is -0.145. The van der Waals surface area contributed by atoms with Crippen molar-refractivity contribution in [2.45, 2.75) is 26.4 Å². The number of hydrogen-bond donors (Lipinski definition) is 0. The number of halogens is 1. The lowest BCUT2D eigenvalue weighted by atomic mass is 10.1. The summed E-state index contributed by atoms with van der Waals surface area (Å²) in [5.41, 5.74) is 2.42. The van der Waals surface area contributed by atoms with Crippen LogP contribution in [0.2, 0.25) is 5.02 Å². The molecular weight excluding hydrogens is 330 g/mol. The number of nitrogens with zero attached hydrogens (tertiary/aromatic N) is 1. The molecule has 0 fully saturated rings. The number of carbonyl (C=O) groups is 1. The van der Waals surface area contributed by atoms with Crippen molar-refractivity contribution in [3.63, 3.8) is 0 Å². The molecule has 0 saturated heterocycles. The van der Waals surface area contributed by atoms with E-state index in [0.717, 1.165) is 16.5 Å². The number of esters is 1. The first kappa shape index (κ1) is 16.0. The summed E-state index contributed by atoms with van der Waals surface area (Å²) < 4.78 is 5.33. The van der Waals surface area contributed by atoms with Crippen molar-refractivity contribution in [3.8, 4) is 0 Å². The van der Waals surface area contributed by atoms with E-state index in [-0.39, 0.29) is 12.6 Å². The van der Waals surface area contributed by atoms with Gasteiger partial charge in [-0.1, -0.05) is 35.9 Å². The molecule has 1 aromatic carbocycles. The third kappa shape index (κ3) is 3.71. The summed E-state index contributed by atoms with van der Waals surface area (Å²) >= 11 is 8.01. The Kier molecular flexibility index (Phi) is 4.94. The fourth-order valence-corrected chi connectivity index (χ4v) is 3.32. The summed E-state index contributed by atoms with van der Waals surface area (Å²) in [6.45, 7) is 2.06. The van der Waals surface area contributed by atoms with Crippen LogP contribution in [-0.2, 0) is 22.6 Å². The van der Waals surface area contributed by atoms with Gasteiger partial charge in [0.25, 0.3) is 0 Å². The Morgan fingerprint density at radius 2 is 2.09 bits per heavy atom. The van der Waals surface area contributed by atoms with E-state index < -0.39 is 0 Å². The summed E-state index contributed by atoms with van der Waals surface area (Å²) in [5.74, 6) is -0.234. The van der Waals surface area contributed by atoms with E-state index in [1.807, 2.05) is 48.7 Å². The largest absolute Gasteiger partial charge is 0.459 e. The highest BCUT2D eigenvalue weighted by Crippen LogP contribution is 2.27. The maximum absolute atomic E-state index is 11.9. The van der Waals surface area contributed by atoms with Crippen molar-refractivity contribution >= 4 is 39.8 Å². The molecule has 0 amide bonds. The zero-order valence-corrected chi connectivity index (χ0v) is 14.3. The lowest BCUT2D eigenvalue weighted by Gasteiger charge is -2.10. The zero-order chi connectivity index (χ0) is 16.2. The van der Waals surface area contributed by atoms with Crippen LogP contribution in [0.15, 0.2) is 41.8 Å². The number of fused-ring (bicyclic) bond motifs is 1. The molecule has 0 saturated carbocycles. The van der Waals surface area contributed by atoms with Gasteiger partial charge in [-0.3, -0.25) is 4.79 Å². The van der Waals surface area contributed by atoms with Gasteiger partial charge in [-0.15, -0.1) is 11.3 Å². The number of aryl methyl sites for hydroxylation is 2. The lowest BCUT2D eigenvalue weighted by Crippen LogP contribution is -2.07. The van der Waals surface area contributed by atoms with Gasteiger partial charge in [0.05, 0.1) is 22.7 Å². The molecule has 2 heterocycles. The fourth-order valence-electron chi connectivity index (χ4n) is 2.41. The Hall–Kier alpha value is -1.91. The molecule has 3 aromatic rings. The number of pyridine rings is 1. The van der Waals surface area contributed by atoms with Gasteiger partial charge in [0.2, 0.25) is 0 Å². The van der Waals surface area contributed by atoms with E-state index in [4.69, 9.17) is 16.3 Å². The highest BCUT2D eigenvalue weighted by Gasteiger charge is 2.12. The van der Waals surface area contributed by atoms with Crippen LogP contribution in [0.1, 0.15) is 22.6 Å². The normalized spacial score (nSPS) is 10.9.